The van der Waals surface area contributed by atoms with E-state index in [1.54, 1.807) is 18.4 Å². The van der Waals surface area contributed by atoms with Crippen molar-refractivity contribution in [2.75, 3.05) is 20.1 Å². The van der Waals surface area contributed by atoms with E-state index in [-0.39, 0.29) is 29.9 Å². The summed E-state index contributed by atoms with van der Waals surface area (Å²) < 4.78 is 0. The van der Waals surface area contributed by atoms with E-state index in [1.807, 2.05) is 17.0 Å². The van der Waals surface area contributed by atoms with Gasteiger partial charge in [-0.15, -0.1) is 35.3 Å². The summed E-state index contributed by atoms with van der Waals surface area (Å²) in [4.78, 5) is 20.1. The van der Waals surface area contributed by atoms with Crippen LogP contribution in [0.3, 0.4) is 0 Å². The van der Waals surface area contributed by atoms with Crippen LogP contribution in [0.15, 0.2) is 40.7 Å². The zero-order valence-corrected chi connectivity index (χ0v) is 19.0. The minimum atomic E-state index is 0. The third kappa shape index (κ3) is 5.93. The summed E-state index contributed by atoms with van der Waals surface area (Å²) >= 11 is 1.79. The Morgan fingerprint density at radius 1 is 1.26 bits per heavy atom. The molecule has 146 valence electrons. The van der Waals surface area contributed by atoms with Crippen LogP contribution in [0.1, 0.15) is 28.0 Å². The minimum Gasteiger partial charge on any atom is -0.356 e. The average molecular weight is 498 g/mol. The lowest BCUT2D eigenvalue weighted by molar-refractivity contribution is -0.131. The predicted octanol–water partition coefficient (Wildman–Crippen LogP) is 3.31. The van der Waals surface area contributed by atoms with Crippen molar-refractivity contribution >= 4 is 47.2 Å². The van der Waals surface area contributed by atoms with Gasteiger partial charge in [0.1, 0.15) is 0 Å². The number of benzene rings is 1. The fraction of sp³-hybridized carbons (Fsp3) is 0.400. The first kappa shape index (κ1) is 21.7. The Morgan fingerprint density at radius 2 is 2.07 bits per heavy atom. The number of amides is 1. The molecule has 0 radical (unpaired) electrons. The largest absolute Gasteiger partial charge is 0.356 e. The summed E-state index contributed by atoms with van der Waals surface area (Å²) in [6, 6.07) is 10.4. The van der Waals surface area contributed by atoms with Gasteiger partial charge in [-0.3, -0.25) is 9.79 Å². The van der Waals surface area contributed by atoms with Gasteiger partial charge in [0, 0.05) is 44.5 Å². The van der Waals surface area contributed by atoms with Crippen LogP contribution >= 0.6 is 35.3 Å². The summed E-state index contributed by atoms with van der Waals surface area (Å²) in [5.41, 5.74) is 3.80. The van der Waals surface area contributed by atoms with Crippen LogP contribution in [0.4, 0.5) is 0 Å². The average Bonchev–Trinajstić information content (AvgIpc) is 3.13. The zero-order valence-electron chi connectivity index (χ0n) is 15.8. The molecule has 0 saturated carbocycles. The molecule has 1 aromatic carbocycles. The van der Waals surface area contributed by atoms with Gasteiger partial charge in [-0.05, 0) is 41.5 Å². The van der Waals surface area contributed by atoms with E-state index in [4.69, 9.17) is 0 Å². The Hall–Kier alpha value is -1.61. The Morgan fingerprint density at radius 3 is 2.85 bits per heavy atom. The highest BCUT2D eigenvalue weighted by Crippen LogP contribution is 2.24. The van der Waals surface area contributed by atoms with E-state index in [0.717, 1.165) is 25.5 Å². The first-order chi connectivity index (χ1) is 12.7. The van der Waals surface area contributed by atoms with E-state index in [1.165, 1.54) is 21.6 Å². The highest BCUT2D eigenvalue weighted by molar-refractivity contribution is 14.0. The van der Waals surface area contributed by atoms with Crippen molar-refractivity contribution in [3.8, 4) is 0 Å². The number of nitrogens with one attached hydrogen (secondary N) is 2. The van der Waals surface area contributed by atoms with Crippen LogP contribution in [-0.2, 0) is 24.3 Å². The van der Waals surface area contributed by atoms with Crippen LogP contribution < -0.4 is 10.6 Å². The number of nitrogens with zero attached hydrogens (tertiary/aromatic N) is 2. The SMILES string of the molecule is CN=C(NCCC(=O)N1CCc2sccc2C1)NCc1ccccc1C.I. The van der Waals surface area contributed by atoms with E-state index in [2.05, 4.69) is 46.1 Å². The second-order valence-corrected chi connectivity index (χ2v) is 7.46. The molecule has 2 aromatic rings. The van der Waals surface area contributed by atoms with E-state index in [0.29, 0.717) is 19.5 Å². The van der Waals surface area contributed by atoms with Crippen molar-refractivity contribution < 1.29 is 4.79 Å². The maximum atomic E-state index is 12.5. The van der Waals surface area contributed by atoms with Gasteiger partial charge in [0.15, 0.2) is 5.96 Å². The highest BCUT2D eigenvalue weighted by atomic mass is 127. The van der Waals surface area contributed by atoms with Crippen LogP contribution in [0.5, 0.6) is 0 Å². The molecule has 0 saturated heterocycles. The number of rotatable bonds is 5. The fourth-order valence-electron chi connectivity index (χ4n) is 3.12. The summed E-state index contributed by atoms with van der Waals surface area (Å²) in [6.45, 7) is 4.97. The Bertz CT molecular complexity index is 790. The maximum absolute atomic E-state index is 12.5. The summed E-state index contributed by atoms with van der Waals surface area (Å²) in [5.74, 6) is 0.920. The van der Waals surface area contributed by atoms with Gasteiger partial charge >= 0.3 is 0 Å². The summed E-state index contributed by atoms with van der Waals surface area (Å²) in [7, 11) is 1.75. The number of thiophene rings is 1. The van der Waals surface area contributed by atoms with Gasteiger partial charge in [0.05, 0.1) is 0 Å². The number of fused-ring (bicyclic) bond motifs is 1. The lowest BCUT2D eigenvalue weighted by Gasteiger charge is -2.27. The van der Waals surface area contributed by atoms with Crippen LogP contribution in [0.25, 0.3) is 0 Å². The third-order valence-electron chi connectivity index (χ3n) is 4.72. The van der Waals surface area contributed by atoms with Crippen molar-refractivity contribution in [3.63, 3.8) is 0 Å². The van der Waals surface area contributed by atoms with E-state index in [9.17, 15) is 4.79 Å². The highest BCUT2D eigenvalue weighted by Gasteiger charge is 2.20. The van der Waals surface area contributed by atoms with Crippen LogP contribution in [-0.4, -0.2) is 36.9 Å². The summed E-state index contributed by atoms with van der Waals surface area (Å²) in [6.07, 6.45) is 1.45. The molecule has 5 nitrogen and oxygen atoms in total. The standard InChI is InChI=1S/C20H26N4OS.HI/c1-15-5-3-4-6-16(15)13-23-20(21-2)22-10-7-19(25)24-11-8-18-17(14-24)9-12-26-18;/h3-6,9,12H,7-8,10-11,13-14H2,1-2H3,(H2,21,22,23);1H. The molecule has 27 heavy (non-hydrogen) atoms. The molecule has 2 heterocycles. The van der Waals surface area contributed by atoms with Crippen molar-refractivity contribution in [1.82, 2.24) is 15.5 Å². The lowest BCUT2D eigenvalue weighted by atomic mass is 10.1. The number of guanidine groups is 1. The van der Waals surface area contributed by atoms with Gasteiger partial charge in [-0.1, -0.05) is 24.3 Å². The number of halogens is 1. The van der Waals surface area contributed by atoms with Crippen molar-refractivity contribution in [2.45, 2.75) is 32.9 Å². The molecule has 0 aliphatic carbocycles. The second-order valence-electron chi connectivity index (χ2n) is 6.46. The second kappa shape index (κ2) is 10.7. The molecule has 3 rings (SSSR count). The number of hydrogen-bond donors (Lipinski definition) is 2. The Balaban J connectivity index is 0.00000261. The molecule has 0 spiro atoms. The quantitative estimate of drug-likeness (QED) is 0.378. The number of aliphatic imine (C=N–C) groups is 1. The molecule has 1 aromatic heterocycles. The molecule has 0 atom stereocenters. The monoisotopic (exact) mass is 498 g/mol. The van der Waals surface area contributed by atoms with Gasteiger partial charge in [-0.2, -0.15) is 0 Å². The molecular weight excluding hydrogens is 471 g/mol. The van der Waals surface area contributed by atoms with Gasteiger partial charge in [-0.25, -0.2) is 0 Å². The Kier molecular flexibility index (Phi) is 8.56. The molecule has 7 heteroatoms. The van der Waals surface area contributed by atoms with Gasteiger partial charge in [0.2, 0.25) is 5.91 Å². The van der Waals surface area contributed by atoms with Crippen LogP contribution in [0.2, 0.25) is 0 Å². The minimum absolute atomic E-state index is 0. The third-order valence-corrected chi connectivity index (χ3v) is 5.75. The normalized spacial score (nSPS) is 13.6. The zero-order chi connectivity index (χ0) is 18.4. The van der Waals surface area contributed by atoms with E-state index >= 15 is 0 Å². The molecule has 0 unspecified atom stereocenters. The van der Waals surface area contributed by atoms with Gasteiger partial charge < -0.3 is 15.5 Å². The van der Waals surface area contributed by atoms with Crippen LogP contribution in [0, 0.1) is 6.92 Å². The number of carbonyl (C=O) groups is 1. The summed E-state index contributed by atoms with van der Waals surface area (Å²) in [5, 5.41) is 8.66. The number of carbonyl (C=O) groups excluding carboxylic acids is 1. The first-order valence-electron chi connectivity index (χ1n) is 8.99. The lowest BCUT2D eigenvalue weighted by Crippen LogP contribution is -2.40. The van der Waals surface area contributed by atoms with Crippen molar-refractivity contribution in [1.29, 1.82) is 0 Å². The predicted molar refractivity (Wildman–Crippen MR) is 123 cm³/mol. The molecule has 0 bridgehead atoms. The fourth-order valence-corrected chi connectivity index (χ4v) is 4.00. The molecule has 1 aliphatic heterocycles. The maximum Gasteiger partial charge on any atom is 0.224 e. The molecule has 0 fully saturated rings. The molecule has 1 amide bonds. The smallest absolute Gasteiger partial charge is 0.224 e. The van der Waals surface area contributed by atoms with E-state index < -0.39 is 0 Å². The molecule has 2 N–H and O–H groups in total. The number of hydrogen-bond acceptors (Lipinski definition) is 3. The molecule has 1 aliphatic rings. The first-order valence-corrected chi connectivity index (χ1v) is 9.87. The molecular formula is C20H27IN4OS. The topological polar surface area (TPSA) is 56.7 Å². The van der Waals surface area contributed by atoms with Gasteiger partial charge in [0.25, 0.3) is 0 Å². The van der Waals surface area contributed by atoms with Crippen molar-refractivity contribution in [3.05, 3.63) is 57.3 Å². The Labute approximate surface area is 182 Å². The number of aryl methyl sites for hydroxylation is 1. The van der Waals surface area contributed by atoms with Crippen molar-refractivity contribution in [2.24, 2.45) is 4.99 Å².